The Kier molecular flexibility index (Phi) is 4.81. The molecule has 0 saturated carbocycles. The van der Waals surface area contributed by atoms with Gasteiger partial charge in [0.25, 0.3) is 5.91 Å². The van der Waals surface area contributed by atoms with Gasteiger partial charge in [0.05, 0.1) is 5.56 Å². The van der Waals surface area contributed by atoms with Gasteiger partial charge in [0.2, 0.25) is 0 Å². The molecular weight excluding hydrogens is 438 g/mol. The van der Waals surface area contributed by atoms with Crippen LogP contribution in [0.15, 0.2) is 49.8 Å². The molecule has 5 heteroatoms. The van der Waals surface area contributed by atoms with Crippen LogP contribution in [0.5, 0.6) is 0 Å². The molecule has 0 saturated heterocycles. The Bertz CT molecular complexity index is 641. The van der Waals surface area contributed by atoms with Crippen LogP contribution >= 0.6 is 47.8 Å². The van der Waals surface area contributed by atoms with Crippen LogP contribution in [0.4, 0.5) is 5.69 Å². The first-order chi connectivity index (χ1) is 8.97. The van der Waals surface area contributed by atoms with Gasteiger partial charge in [-0.1, -0.05) is 31.9 Å². The van der Waals surface area contributed by atoms with Crippen molar-refractivity contribution in [1.29, 1.82) is 0 Å². The van der Waals surface area contributed by atoms with Gasteiger partial charge < -0.3 is 5.32 Å². The van der Waals surface area contributed by atoms with Crippen molar-refractivity contribution in [3.05, 3.63) is 60.9 Å². The number of rotatable bonds is 2. The first-order valence-corrected chi connectivity index (χ1v) is 7.88. The van der Waals surface area contributed by atoms with Crippen LogP contribution in [0.3, 0.4) is 0 Å². The van der Waals surface area contributed by atoms with E-state index in [9.17, 15) is 4.79 Å². The fourth-order valence-electron chi connectivity index (χ4n) is 1.59. The van der Waals surface area contributed by atoms with Crippen LogP contribution < -0.4 is 5.32 Å². The van der Waals surface area contributed by atoms with Gasteiger partial charge in [0, 0.05) is 19.1 Å². The van der Waals surface area contributed by atoms with Crippen LogP contribution in [0, 0.1) is 6.92 Å². The van der Waals surface area contributed by atoms with E-state index in [0.717, 1.165) is 24.7 Å². The molecule has 0 bridgehead atoms. The average molecular weight is 448 g/mol. The molecule has 0 radical (unpaired) electrons. The summed E-state index contributed by atoms with van der Waals surface area (Å²) in [5.41, 5.74) is 2.44. The van der Waals surface area contributed by atoms with E-state index in [1.54, 1.807) is 6.07 Å². The highest BCUT2D eigenvalue weighted by Gasteiger charge is 2.11. The Balaban J connectivity index is 2.25. The summed E-state index contributed by atoms with van der Waals surface area (Å²) in [6, 6.07) is 11.2. The van der Waals surface area contributed by atoms with Crippen molar-refractivity contribution in [1.82, 2.24) is 0 Å². The average Bonchev–Trinajstić information content (AvgIpc) is 2.36. The molecule has 1 amide bonds. The minimum absolute atomic E-state index is 0.144. The van der Waals surface area contributed by atoms with Gasteiger partial charge in [0.15, 0.2) is 0 Å². The Morgan fingerprint density at radius 2 is 1.68 bits per heavy atom. The van der Waals surface area contributed by atoms with Crippen LogP contribution in [0.1, 0.15) is 15.9 Å². The molecule has 2 rings (SSSR count). The minimum atomic E-state index is -0.144. The predicted octanol–water partition coefficient (Wildman–Crippen LogP) is 5.53. The van der Waals surface area contributed by atoms with Crippen LogP contribution in [-0.4, -0.2) is 5.91 Å². The lowest BCUT2D eigenvalue weighted by Crippen LogP contribution is -2.12. The van der Waals surface area contributed by atoms with Crippen LogP contribution in [0.25, 0.3) is 0 Å². The third kappa shape index (κ3) is 3.68. The number of hydrogen-bond donors (Lipinski definition) is 1. The molecule has 2 aromatic carbocycles. The van der Waals surface area contributed by atoms with Crippen molar-refractivity contribution in [2.24, 2.45) is 0 Å². The molecule has 1 N–H and O–H groups in total. The van der Waals surface area contributed by atoms with Crippen molar-refractivity contribution < 1.29 is 4.79 Å². The molecule has 0 atom stereocenters. The second-order valence-corrected chi connectivity index (χ2v) is 6.67. The third-order valence-corrected chi connectivity index (χ3v) is 4.66. The van der Waals surface area contributed by atoms with Gasteiger partial charge in [-0.05, 0) is 64.8 Å². The van der Waals surface area contributed by atoms with E-state index in [0.29, 0.717) is 5.56 Å². The molecule has 2 aromatic rings. The number of aryl methyl sites for hydroxylation is 1. The van der Waals surface area contributed by atoms with Crippen molar-refractivity contribution in [3.8, 4) is 0 Å². The summed E-state index contributed by atoms with van der Waals surface area (Å²) in [7, 11) is 0. The molecule has 19 heavy (non-hydrogen) atoms. The van der Waals surface area contributed by atoms with E-state index in [2.05, 4.69) is 53.1 Å². The lowest BCUT2D eigenvalue weighted by Gasteiger charge is -2.09. The predicted molar refractivity (Wildman–Crippen MR) is 88.7 cm³/mol. The zero-order valence-corrected chi connectivity index (χ0v) is 14.8. The van der Waals surface area contributed by atoms with Gasteiger partial charge in [-0.15, -0.1) is 0 Å². The minimum Gasteiger partial charge on any atom is -0.322 e. The molecule has 0 aliphatic carbocycles. The SMILES string of the molecule is Cc1cc(NC(=O)c2cc(Br)ccc2Br)ccc1Br. The van der Waals surface area contributed by atoms with E-state index in [4.69, 9.17) is 0 Å². The van der Waals surface area contributed by atoms with E-state index in [-0.39, 0.29) is 5.91 Å². The lowest BCUT2D eigenvalue weighted by molar-refractivity contribution is 0.102. The van der Waals surface area contributed by atoms with Gasteiger partial charge in [-0.25, -0.2) is 0 Å². The number of carbonyl (C=O) groups is 1. The number of anilines is 1. The van der Waals surface area contributed by atoms with Crippen molar-refractivity contribution in [2.45, 2.75) is 6.92 Å². The number of carbonyl (C=O) groups excluding carboxylic acids is 1. The van der Waals surface area contributed by atoms with Gasteiger partial charge >= 0.3 is 0 Å². The zero-order chi connectivity index (χ0) is 14.0. The molecule has 98 valence electrons. The van der Waals surface area contributed by atoms with Gasteiger partial charge in [0.1, 0.15) is 0 Å². The fraction of sp³-hybridized carbons (Fsp3) is 0.0714. The first kappa shape index (κ1) is 14.8. The summed E-state index contributed by atoms with van der Waals surface area (Å²) in [6.45, 7) is 1.98. The fourth-order valence-corrected chi connectivity index (χ4v) is 2.63. The summed E-state index contributed by atoms with van der Waals surface area (Å²) in [6.07, 6.45) is 0. The highest BCUT2D eigenvalue weighted by Crippen LogP contribution is 2.24. The van der Waals surface area contributed by atoms with Crippen molar-refractivity contribution in [3.63, 3.8) is 0 Å². The lowest BCUT2D eigenvalue weighted by atomic mass is 10.2. The summed E-state index contributed by atoms with van der Waals surface area (Å²) >= 11 is 10.2. The maximum atomic E-state index is 12.2. The topological polar surface area (TPSA) is 29.1 Å². The van der Waals surface area contributed by atoms with E-state index < -0.39 is 0 Å². The van der Waals surface area contributed by atoms with Crippen LogP contribution in [0.2, 0.25) is 0 Å². The molecule has 0 fully saturated rings. The summed E-state index contributed by atoms with van der Waals surface area (Å²) in [4.78, 5) is 12.2. The van der Waals surface area contributed by atoms with Crippen molar-refractivity contribution in [2.75, 3.05) is 5.32 Å². The summed E-state index contributed by atoms with van der Waals surface area (Å²) in [5, 5.41) is 2.88. The molecule has 0 heterocycles. The summed E-state index contributed by atoms with van der Waals surface area (Å²) in [5.74, 6) is -0.144. The Morgan fingerprint density at radius 3 is 2.37 bits per heavy atom. The highest BCUT2D eigenvalue weighted by atomic mass is 79.9. The second-order valence-electron chi connectivity index (χ2n) is 4.04. The zero-order valence-electron chi connectivity index (χ0n) is 10.0. The van der Waals surface area contributed by atoms with E-state index in [1.165, 1.54) is 0 Å². The molecule has 0 aliphatic rings. The standard InChI is InChI=1S/C14H10Br3NO/c1-8-6-10(3-5-12(8)16)18-14(19)11-7-9(15)2-4-13(11)17/h2-7H,1H3,(H,18,19). The Labute approximate surface area is 137 Å². The number of hydrogen-bond acceptors (Lipinski definition) is 1. The molecule has 0 aliphatic heterocycles. The second kappa shape index (κ2) is 6.20. The largest absolute Gasteiger partial charge is 0.322 e. The Morgan fingerprint density at radius 1 is 1.00 bits per heavy atom. The molecular formula is C14H10Br3NO. The number of nitrogens with one attached hydrogen (secondary N) is 1. The quantitative estimate of drug-likeness (QED) is 0.643. The number of amides is 1. The van der Waals surface area contributed by atoms with Crippen molar-refractivity contribution >= 4 is 59.4 Å². The number of benzene rings is 2. The normalized spacial score (nSPS) is 10.3. The number of halogens is 3. The molecule has 0 aromatic heterocycles. The molecule has 2 nitrogen and oxygen atoms in total. The maximum absolute atomic E-state index is 12.2. The van der Waals surface area contributed by atoms with Gasteiger partial charge in [-0.3, -0.25) is 4.79 Å². The molecule has 0 spiro atoms. The summed E-state index contributed by atoms with van der Waals surface area (Å²) < 4.78 is 2.66. The monoisotopic (exact) mass is 445 g/mol. The third-order valence-electron chi connectivity index (χ3n) is 2.59. The van der Waals surface area contributed by atoms with E-state index >= 15 is 0 Å². The molecule has 0 unspecified atom stereocenters. The smallest absolute Gasteiger partial charge is 0.256 e. The highest BCUT2D eigenvalue weighted by molar-refractivity contribution is 9.11. The maximum Gasteiger partial charge on any atom is 0.256 e. The Hall–Kier alpha value is -0.650. The van der Waals surface area contributed by atoms with Gasteiger partial charge in [-0.2, -0.15) is 0 Å². The van der Waals surface area contributed by atoms with E-state index in [1.807, 2.05) is 37.3 Å². The first-order valence-electron chi connectivity index (χ1n) is 5.50. The van der Waals surface area contributed by atoms with Crippen LogP contribution in [-0.2, 0) is 0 Å².